The number of piperidine rings is 1. The van der Waals surface area contributed by atoms with Crippen LogP contribution < -0.4 is 5.32 Å². The van der Waals surface area contributed by atoms with Crippen molar-refractivity contribution in [3.05, 3.63) is 35.4 Å². The third-order valence-corrected chi connectivity index (χ3v) is 4.92. The van der Waals surface area contributed by atoms with E-state index >= 15 is 0 Å². The van der Waals surface area contributed by atoms with Gasteiger partial charge in [0.25, 0.3) is 0 Å². The molecule has 2 aliphatic rings. The summed E-state index contributed by atoms with van der Waals surface area (Å²) in [5, 5.41) is 3.49. The molecule has 114 valence electrons. The number of nitrogens with one attached hydrogen (secondary N) is 1. The lowest BCUT2D eigenvalue weighted by atomic mass is 9.83. The number of rotatable bonds is 3. The highest BCUT2D eigenvalue weighted by Crippen LogP contribution is 2.27. The van der Waals surface area contributed by atoms with Gasteiger partial charge in [0.2, 0.25) is 5.91 Å². The summed E-state index contributed by atoms with van der Waals surface area (Å²) >= 11 is 0. The van der Waals surface area contributed by atoms with E-state index < -0.39 is 0 Å². The van der Waals surface area contributed by atoms with Gasteiger partial charge in [-0.25, -0.2) is 0 Å². The number of likely N-dealkylation sites (tertiary alicyclic amines) is 1. The molecule has 1 fully saturated rings. The Morgan fingerprint density at radius 2 is 2.10 bits per heavy atom. The first-order valence-corrected chi connectivity index (χ1v) is 8.37. The van der Waals surface area contributed by atoms with Gasteiger partial charge >= 0.3 is 0 Å². The summed E-state index contributed by atoms with van der Waals surface area (Å²) in [7, 11) is 0. The van der Waals surface area contributed by atoms with Gasteiger partial charge in [-0.15, -0.1) is 0 Å². The molecule has 1 aliphatic carbocycles. The van der Waals surface area contributed by atoms with Crippen molar-refractivity contribution in [2.45, 2.75) is 45.1 Å². The molecule has 1 N–H and O–H groups in total. The highest BCUT2D eigenvalue weighted by Gasteiger charge is 2.30. The van der Waals surface area contributed by atoms with E-state index in [1.807, 2.05) is 0 Å². The Bertz CT molecular complexity index is 498. The van der Waals surface area contributed by atoms with Gasteiger partial charge < -0.3 is 10.2 Å². The fourth-order valence-electron chi connectivity index (χ4n) is 3.80. The zero-order valence-corrected chi connectivity index (χ0v) is 13.0. The number of fused-ring (bicyclic) bond motifs is 1. The van der Waals surface area contributed by atoms with Crippen LogP contribution >= 0.6 is 0 Å². The van der Waals surface area contributed by atoms with Crippen molar-refractivity contribution in [2.75, 3.05) is 19.6 Å². The van der Waals surface area contributed by atoms with E-state index in [0.29, 0.717) is 11.9 Å². The average Bonchev–Trinajstić information content (AvgIpc) is 2.54. The van der Waals surface area contributed by atoms with Gasteiger partial charge in [0.05, 0.1) is 0 Å². The largest absolute Gasteiger partial charge is 0.341 e. The minimum atomic E-state index is 0.195. The zero-order valence-electron chi connectivity index (χ0n) is 13.0. The Morgan fingerprint density at radius 1 is 1.29 bits per heavy atom. The van der Waals surface area contributed by atoms with E-state index in [-0.39, 0.29) is 5.92 Å². The summed E-state index contributed by atoms with van der Waals surface area (Å²) in [6, 6.07) is 9.08. The number of amides is 1. The molecule has 3 heteroatoms. The van der Waals surface area contributed by atoms with Crippen molar-refractivity contribution in [3.63, 3.8) is 0 Å². The van der Waals surface area contributed by atoms with Crippen LogP contribution in [0, 0.1) is 5.92 Å². The number of carbonyl (C=O) groups excluding carboxylic acids is 1. The van der Waals surface area contributed by atoms with Crippen molar-refractivity contribution in [3.8, 4) is 0 Å². The molecular formula is C18H26N2O. The van der Waals surface area contributed by atoms with Crippen molar-refractivity contribution in [1.29, 1.82) is 0 Å². The Balaban J connectivity index is 1.63. The Labute approximate surface area is 127 Å². The summed E-state index contributed by atoms with van der Waals surface area (Å²) < 4.78 is 0. The second-order valence-electron chi connectivity index (χ2n) is 6.39. The fourth-order valence-corrected chi connectivity index (χ4v) is 3.80. The molecule has 0 saturated carbocycles. The molecule has 0 radical (unpaired) electrons. The number of likely N-dealkylation sites (N-methyl/N-ethyl adjacent to an activating group) is 1. The lowest BCUT2D eigenvalue weighted by Gasteiger charge is -2.36. The summed E-state index contributed by atoms with van der Waals surface area (Å²) in [4.78, 5) is 14.9. The van der Waals surface area contributed by atoms with Crippen molar-refractivity contribution in [1.82, 2.24) is 10.2 Å². The van der Waals surface area contributed by atoms with E-state index in [2.05, 4.69) is 41.4 Å². The molecule has 0 aromatic heterocycles. The highest BCUT2D eigenvalue weighted by molar-refractivity contribution is 5.79. The lowest BCUT2D eigenvalue weighted by Crippen LogP contribution is -2.50. The highest BCUT2D eigenvalue weighted by atomic mass is 16.2. The fraction of sp³-hybridized carbons (Fsp3) is 0.611. The van der Waals surface area contributed by atoms with Crippen LogP contribution in [0.25, 0.3) is 0 Å². The van der Waals surface area contributed by atoms with Crippen LogP contribution in [0.2, 0.25) is 0 Å². The first kappa shape index (κ1) is 14.6. The molecule has 2 atom stereocenters. The van der Waals surface area contributed by atoms with Crippen LogP contribution in [0.4, 0.5) is 0 Å². The lowest BCUT2D eigenvalue weighted by molar-refractivity contribution is -0.137. The van der Waals surface area contributed by atoms with Crippen LogP contribution in [0.15, 0.2) is 24.3 Å². The van der Waals surface area contributed by atoms with Crippen LogP contribution in [0.3, 0.4) is 0 Å². The topological polar surface area (TPSA) is 32.3 Å². The quantitative estimate of drug-likeness (QED) is 0.925. The van der Waals surface area contributed by atoms with E-state index in [1.165, 1.54) is 17.5 Å². The molecule has 1 aromatic carbocycles. The molecule has 3 nitrogen and oxygen atoms in total. The summed E-state index contributed by atoms with van der Waals surface area (Å²) in [6.45, 7) is 4.96. The summed E-state index contributed by atoms with van der Waals surface area (Å²) in [5.74, 6) is 0.576. The van der Waals surface area contributed by atoms with Crippen LogP contribution in [-0.2, 0) is 17.6 Å². The van der Waals surface area contributed by atoms with Crippen molar-refractivity contribution < 1.29 is 4.79 Å². The molecule has 21 heavy (non-hydrogen) atoms. The standard InChI is InChI=1S/C18H26N2O/c1-2-19-17-8-5-11-20(13-17)18(21)16-10-9-14-6-3-4-7-15(14)12-16/h3-4,6-7,16-17,19H,2,5,8-13H2,1H3. The number of hydrogen-bond donors (Lipinski definition) is 1. The van der Waals surface area contributed by atoms with Gasteiger partial charge in [-0.3, -0.25) is 4.79 Å². The minimum Gasteiger partial charge on any atom is -0.341 e. The summed E-state index contributed by atoms with van der Waals surface area (Å²) in [6.07, 6.45) is 5.32. The number of aryl methyl sites for hydroxylation is 1. The Kier molecular flexibility index (Phi) is 4.59. The molecular weight excluding hydrogens is 260 g/mol. The molecule has 0 bridgehead atoms. The molecule has 3 rings (SSSR count). The molecule has 0 spiro atoms. The van der Waals surface area contributed by atoms with Gasteiger partial charge in [-0.2, -0.15) is 0 Å². The molecule has 1 amide bonds. The van der Waals surface area contributed by atoms with E-state index in [9.17, 15) is 4.79 Å². The maximum atomic E-state index is 12.8. The van der Waals surface area contributed by atoms with Gasteiger partial charge in [0.1, 0.15) is 0 Å². The second-order valence-corrected chi connectivity index (χ2v) is 6.39. The van der Waals surface area contributed by atoms with E-state index in [0.717, 1.165) is 45.3 Å². The van der Waals surface area contributed by atoms with Gasteiger partial charge in [0.15, 0.2) is 0 Å². The van der Waals surface area contributed by atoms with Crippen LogP contribution in [0.1, 0.15) is 37.3 Å². The minimum absolute atomic E-state index is 0.195. The van der Waals surface area contributed by atoms with E-state index in [4.69, 9.17) is 0 Å². The second kappa shape index (κ2) is 6.61. The summed E-state index contributed by atoms with van der Waals surface area (Å²) in [5.41, 5.74) is 2.81. The number of hydrogen-bond acceptors (Lipinski definition) is 2. The molecule has 1 saturated heterocycles. The molecule has 2 unspecified atom stereocenters. The Hall–Kier alpha value is -1.35. The van der Waals surface area contributed by atoms with Gasteiger partial charge in [-0.05, 0) is 49.8 Å². The molecule has 1 heterocycles. The van der Waals surface area contributed by atoms with E-state index in [1.54, 1.807) is 0 Å². The molecule has 1 aromatic rings. The first-order valence-electron chi connectivity index (χ1n) is 8.37. The Morgan fingerprint density at radius 3 is 2.90 bits per heavy atom. The van der Waals surface area contributed by atoms with Crippen LogP contribution in [-0.4, -0.2) is 36.5 Å². The van der Waals surface area contributed by atoms with Crippen molar-refractivity contribution >= 4 is 5.91 Å². The first-order chi connectivity index (χ1) is 10.3. The number of carbonyl (C=O) groups is 1. The third kappa shape index (κ3) is 3.29. The maximum Gasteiger partial charge on any atom is 0.226 e. The molecule has 1 aliphatic heterocycles. The number of nitrogens with zero attached hydrogens (tertiary/aromatic N) is 1. The normalized spacial score (nSPS) is 25.5. The van der Waals surface area contributed by atoms with Gasteiger partial charge in [0, 0.05) is 25.0 Å². The van der Waals surface area contributed by atoms with Crippen LogP contribution in [0.5, 0.6) is 0 Å². The average molecular weight is 286 g/mol. The predicted octanol–water partition coefficient (Wildman–Crippen LogP) is 2.39. The SMILES string of the molecule is CCNC1CCCN(C(=O)C2CCc3ccccc3C2)C1. The smallest absolute Gasteiger partial charge is 0.226 e. The van der Waals surface area contributed by atoms with Crippen molar-refractivity contribution in [2.24, 2.45) is 5.92 Å². The third-order valence-electron chi connectivity index (χ3n) is 4.92. The predicted molar refractivity (Wildman–Crippen MR) is 85.2 cm³/mol. The monoisotopic (exact) mass is 286 g/mol. The van der Waals surface area contributed by atoms with Gasteiger partial charge in [-0.1, -0.05) is 31.2 Å². The maximum absolute atomic E-state index is 12.8. The number of benzene rings is 1. The zero-order chi connectivity index (χ0) is 14.7.